The zero-order valence-corrected chi connectivity index (χ0v) is 16.4. The number of aryl methyl sites for hydroxylation is 2. The number of nitrogens with zero attached hydrogens (tertiary/aromatic N) is 3. The van der Waals surface area contributed by atoms with Gasteiger partial charge < -0.3 is 9.64 Å². The number of thiophene rings is 2. The minimum atomic E-state index is -0.0496. The highest BCUT2D eigenvalue weighted by Crippen LogP contribution is 2.38. The monoisotopic (exact) mass is 387 g/mol. The van der Waals surface area contributed by atoms with Crippen molar-refractivity contribution in [2.24, 2.45) is 0 Å². The van der Waals surface area contributed by atoms with Crippen molar-refractivity contribution in [3.63, 3.8) is 0 Å². The largest absolute Gasteiger partial charge is 0.467 e. The molecule has 0 radical (unpaired) electrons. The van der Waals surface area contributed by atoms with Crippen molar-refractivity contribution >= 4 is 38.8 Å². The van der Waals surface area contributed by atoms with Gasteiger partial charge >= 0.3 is 0 Å². The molecule has 0 bridgehead atoms. The van der Waals surface area contributed by atoms with E-state index in [0.29, 0.717) is 12.4 Å². The molecule has 5 nitrogen and oxygen atoms in total. The molecule has 0 N–H and O–H groups in total. The molecule has 1 aliphatic rings. The van der Waals surface area contributed by atoms with Gasteiger partial charge in [0.15, 0.2) is 6.61 Å². The van der Waals surface area contributed by atoms with Crippen LogP contribution >= 0.6 is 22.7 Å². The molecule has 3 heterocycles. The molecule has 3 aromatic rings. The van der Waals surface area contributed by atoms with Gasteiger partial charge in [-0.3, -0.25) is 4.79 Å². The molecule has 0 saturated heterocycles. The summed E-state index contributed by atoms with van der Waals surface area (Å²) in [6, 6.07) is 4.03. The molecule has 0 atom stereocenters. The van der Waals surface area contributed by atoms with Crippen LogP contribution in [-0.2, 0) is 24.2 Å². The summed E-state index contributed by atoms with van der Waals surface area (Å²) in [7, 11) is 1.80. The molecule has 0 saturated carbocycles. The third kappa shape index (κ3) is 3.59. The standard InChI is InChI=1S/C19H21N3O2S2/c1-22(10-13-6-5-9-25-13)16(23)11-24-18-17-14-7-3-2-4-8-15(14)26-19(17)21-12-20-18/h5-6,9,12H,2-4,7-8,10-11H2,1H3. The lowest BCUT2D eigenvalue weighted by Crippen LogP contribution is -2.30. The van der Waals surface area contributed by atoms with Crippen LogP contribution in [0.25, 0.3) is 10.2 Å². The predicted molar refractivity (Wildman–Crippen MR) is 105 cm³/mol. The Bertz CT molecular complexity index is 905. The summed E-state index contributed by atoms with van der Waals surface area (Å²) >= 11 is 3.40. The molecule has 0 aliphatic heterocycles. The topological polar surface area (TPSA) is 55.3 Å². The third-order valence-corrected chi connectivity index (χ3v) is 6.76. The molecule has 0 fully saturated rings. The predicted octanol–water partition coefficient (Wildman–Crippen LogP) is 4.06. The molecule has 0 unspecified atom stereocenters. The average Bonchev–Trinajstić information content (AvgIpc) is 3.21. The van der Waals surface area contributed by atoms with Crippen LogP contribution in [0.4, 0.5) is 0 Å². The Hall–Kier alpha value is -1.99. The molecule has 7 heteroatoms. The zero-order valence-electron chi connectivity index (χ0n) is 14.7. The number of carbonyl (C=O) groups is 1. The molecule has 3 aromatic heterocycles. The van der Waals surface area contributed by atoms with Crippen LogP contribution in [0.15, 0.2) is 23.8 Å². The first kappa shape index (κ1) is 17.4. The molecule has 0 spiro atoms. The number of hydrogen-bond acceptors (Lipinski definition) is 6. The number of hydrogen-bond donors (Lipinski definition) is 0. The maximum absolute atomic E-state index is 12.4. The molecule has 26 heavy (non-hydrogen) atoms. The highest BCUT2D eigenvalue weighted by molar-refractivity contribution is 7.18. The Morgan fingerprint density at radius 3 is 3.00 bits per heavy atom. The van der Waals surface area contributed by atoms with E-state index in [-0.39, 0.29) is 12.5 Å². The smallest absolute Gasteiger partial charge is 0.260 e. The molecule has 0 aromatic carbocycles. The Morgan fingerprint density at radius 2 is 2.15 bits per heavy atom. The van der Waals surface area contributed by atoms with Crippen molar-refractivity contribution < 1.29 is 9.53 Å². The number of fused-ring (bicyclic) bond motifs is 3. The second-order valence-corrected chi connectivity index (χ2v) is 8.66. The highest BCUT2D eigenvalue weighted by atomic mass is 32.1. The van der Waals surface area contributed by atoms with E-state index in [0.717, 1.165) is 27.9 Å². The Kier molecular flexibility index (Phi) is 5.17. The Balaban J connectivity index is 1.50. The molecule has 136 valence electrons. The summed E-state index contributed by atoms with van der Waals surface area (Å²) < 4.78 is 5.85. The Labute approximate surface area is 160 Å². The molecule has 4 rings (SSSR count). The second kappa shape index (κ2) is 7.72. The maximum Gasteiger partial charge on any atom is 0.260 e. The van der Waals surface area contributed by atoms with Gasteiger partial charge in [-0.2, -0.15) is 0 Å². The fourth-order valence-electron chi connectivity index (χ4n) is 3.31. The van der Waals surface area contributed by atoms with Crippen LogP contribution in [0.3, 0.4) is 0 Å². The summed E-state index contributed by atoms with van der Waals surface area (Å²) in [6.45, 7) is 0.603. The van der Waals surface area contributed by atoms with Crippen molar-refractivity contribution in [1.82, 2.24) is 14.9 Å². The first-order chi connectivity index (χ1) is 12.7. The molecular formula is C19H21N3O2S2. The van der Waals surface area contributed by atoms with Gasteiger partial charge in [0.1, 0.15) is 11.2 Å². The van der Waals surface area contributed by atoms with E-state index in [4.69, 9.17) is 4.74 Å². The van der Waals surface area contributed by atoms with Crippen LogP contribution in [0.5, 0.6) is 5.88 Å². The lowest BCUT2D eigenvalue weighted by molar-refractivity contribution is -0.132. The summed E-state index contributed by atoms with van der Waals surface area (Å²) in [5, 5.41) is 3.03. The van der Waals surface area contributed by atoms with Crippen LogP contribution in [-0.4, -0.2) is 34.4 Å². The molecular weight excluding hydrogens is 366 g/mol. The molecule has 1 aliphatic carbocycles. The van der Waals surface area contributed by atoms with E-state index in [1.807, 2.05) is 17.5 Å². The minimum Gasteiger partial charge on any atom is -0.467 e. The van der Waals surface area contributed by atoms with Gasteiger partial charge in [0.05, 0.1) is 11.9 Å². The van der Waals surface area contributed by atoms with Crippen LogP contribution in [0, 0.1) is 0 Å². The van der Waals surface area contributed by atoms with Crippen LogP contribution in [0.2, 0.25) is 0 Å². The summed E-state index contributed by atoms with van der Waals surface area (Å²) in [6.07, 6.45) is 7.38. The van der Waals surface area contributed by atoms with Gasteiger partial charge in [0.2, 0.25) is 5.88 Å². The number of likely N-dealkylation sites (N-methyl/N-ethyl adjacent to an activating group) is 1. The van der Waals surface area contributed by atoms with E-state index in [9.17, 15) is 4.79 Å². The van der Waals surface area contributed by atoms with Crippen molar-refractivity contribution in [2.45, 2.75) is 38.6 Å². The van der Waals surface area contributed by atoms with E-state index in [1.54, 1.807) is 34.6 Å². The lowest BCUT2D eigenvalue weighted by atomic mass is 10.1. The first-order valence-corrected chi connectivity index (χ1v) is 10.6. The van der Waals surface area contributed by atoms with E-state index >= 15 is 0 Å². The fourth-order valence-corrected chi connectivity index (χ4v) is 5.29. The van der Waals surface area contributed by atoms with Crippen molar-refractivity contribution in [3.8, 4) is 5.88 Å². The summed E-state index contributed by atoms with van der Waals surface area (Å²) in [5.41, 5.74) is 1.33. The number of ether oxygens (including phenoxy) is 1. The summed E-state index contributed by atoms with van der Waals surface area (Å²) in [5.74, 6) is 0.499. The van der Waals surface area contributed by atoms with E-state index in [2.05, 4.69) is 9.97 Å². The minimum absolute atomic E-state index is 0.00138. The van der Waals surface area contributed by atoms with Crippen molar-refractivity contribution in [3.05, 3.63) is 39.2 Å². The average molecular weight is 388 g/mol. The lowest BCUT2D eigenvalue weighted by Gasteiger charge is -2.16. The first-order valence-electron chi connectivity index (χ1n) is 8.87. The highest BCUT2D eigenvalue weighted by Gasteiger charge is 2.20. The number of amides is 1. The maximum atomic E-state index is 12.4. The SMILES string of the molecule is CN(Cc1cccs1)C(=O)COc1ncnc2sc3c(c12)CCCCC3. The summed E-state index contributed by atoms with van der Waals surface area (Å²) in [4.78, 5) is 26.4. The number of rotatable bonds is 5. The van der Waals surface area contributed by atoms with Crippen molar-refractivity contribution in [1.29, 1.82) is 0 Å². The normalized spacial score (nSPS) is 14.0. The molecule has 1 amide bonds. The van der Waals surface area contributed by atoms with Gasteiger partial charge in [-0.15, -0.1) is 22.7 Å². The van der Waals surface area contributed by atoms with Gasteiger partial charge in [0.25, 0.3) is 5.91 Å². The van der Waals surface area contributed by atoms with Crippen molar-refractivity contribution in [2.75, 3.05) is 13.7 Å². The van der Waals surface area contributed by atoms with E-state index < -0.39 is 0 Å². The van der Waals surface area contributed by atoms with Gasteiger partial charge in [-0.1, -0.05) is 12.5 Å². The number of carbonyl (C=O) groups excluding carboxylic acids is 1. The van der Waals surface area contributed by atoms with Gasteiger partial charge in [-0.05, 0) is 42.7 Å². The van der Waals surface area contributed by atoms with Crippen LogP contribution in [0.1, 0.15) is 34.6 Å². The quantitative estimate of drug-likeness (QED) is 0.620. The second-order valence-electron chi connectivity index (χ2n) is 6.54. The number of aromatic nitrogens is 2. The fraction of sp³-hybridized carbons (Fsp3) is 0.421. The third-order valence-electron chi connectivity index (χ3n) is 4.70. The van der Waals surface area contributed by atoms with Crippen LogP contribution < -0.4 is 4.74 Å². The van der Waals surface area contributed by atoms with E-state index in [1.165, 1.54) is 36.0 Å². The Morgan fingerprint density at radius 1 is 1.27 bits per heavy atom. The zero-order chi connectivity index (χ0) is 17.9. The van der Waals surface area contributed by atoms with Gasteiger partial charge in [-0.25, -0.2) is 9.97 Å². The van der Waals surface area contributed by atoms with Gasteiger partial charge in [0, 0.05) is 16.8 Å².